The third-order valence-corrected chi connectivity index (χ3v) is 2.86. The Bertz CT molecular complexity index is 568. The van der Waals surface area contributed by atoms with Crippen LogP contribution in [0.3, 0.4) is 0 Å². The summed E-state index contributed by atoms with van der Waals surface area (Å²) in [4.78, 5) is 11.8. The molecule has 0 fully saturated rings. The van der Waals surface area contributed by atoms with Crippen LogP contribution in [0.15, 0.2) is 30.5 Å². The van der Waals surface area contributed by atoms with Crippen molar-refractivity contribution in [2.24, 2.45) is 0 Å². The van der Waals surface area contributed by atoms with Gasteiger partial charge in [-0.25, -0.2) is 4.68 Å². The maximum Gasteiger partial charge on any atom is 0.246 e. The summed E-state index contributed by atoms with van der Waals surface area (Å²) in [7, 11) is 0. The van der Waals surface area contributed by atoms with E-state index in [1.165, 1.54) is 4.68 Å². The maximum atomic E-state index is 11.8. The molecule has 0 spiro atoms. The van der Waals surface area contributed by atoms with Gasteiger partial charge in [0.1, 0.15) is 6.54 Å². The van der Waals surface area contributed by atoms with Gasteiger partial charge in [0.15, 0.2) is 0 Å². The molecule has 0 aliphatic carbocycles. The van der Waals surface area contributed by atoms with E-state index in [2.05, 4.69) is 15.6 Å². The van der Waals surface area contributed by atoms with Gasteiger partial charge in [-0.3, -0.25) is 4.79 Å². The van der Waals surface area contributed by atoms with E-state index in [-0.39, 0.29) is 19.1 Å². The standard InChI is InChI=1S/C13H15ClN4O2/c14-10-3-5-11(6-4-10)15-13(20)9-18-8-12(16-17-18)2-1-7-19/h3-6,8,19H,1-2,7,9H2,(H,15,20). The molecule has 0 unspecified atom stereocenters. The molecule has 7 heteroatoms. The van der Waals surface area contributed by atoms with Crippen LogP contribution in [0.25, 0.3) is 0 Å². The van der Waals surface area contributed by atoms with Crippen LogP contribution in [0.2, 0.25) is 5.02 Å². The van der Waals surface area contributed by atoms with Crippen LogP contribution in [0.1, 0.15) is 12.1 Å². The van der Waals surface area contributed by atoms with Crippen LogP contribution in [0.5, 0.6) is 0 Å². The highest BCUT2D eigenvalue weighted by atomic mass is 35.5. The molecular weight excluding hydrogens is 280 g/mol. The molecule has 0 bridgehead atoms. The predicted octanol–water partition coefficient (Wildman–Crippen LogP) is 1.50. The van der Waals surface area contributed by atoms with E-state index in [0.29, 0.717) is 23.6 Å². The molecular formula is C13H15ClN4O2. The number of hydrogen-bond acceptors (Lipinski definition) is 4. The number of nitrogens with one attached hydrogen (secondary N) is 1. The van der Waals surface area contributed by atoms with Gasteiger partial charge < -0.3 is 10.4 Å². The Hall–Kier alpha value is -1.92. The topological polar surface area (TPSA) is 80.0 Å². The molecule has 106 valence electrons. The fraction of sp³-hybridized carbons (Fsp3) is 0.308. The fourth-order valence-corrected chi connectivity index (χ4v) is 1.80. The molecule has 0 saturated carbocycles. The first kappa shape index (κ1) is 14.5. The highest BCUT2D eigenvalue weighted by Crippen LogP contribution is 2.13. The molecule has 1 amide bonds. The van der Waals surface area contributed by atoms with Crippen molar-refractivity contribution in [3.05, 3.63) is 41.2 Å². The SMILES string of the molecule is O=C(Cn1cc(CCCO)nn1)Nc1ccc(Cl)cc1. The van der Waals surface area contributed by atoms with Gasteiger partial charge in [-0.05, 0) is 37.1 Å². The summed E-state index contributed by atoms with van der Waals surface area (Å²) in [6.45, 7) is 0.207. The summed E-state index contributed by atoms with van der Waals surface area (Å²) in [6, 6.07) is 6.88. The quantitative estimate of drug-likeness (QED) is 0.846. The van der Waals surface area contributed by atoms with Crippen LogP contribution in [0.4, 0.5) is 5.69 Å². The number of nitrogens with zero attached hydrogens (tertiary/aromatic N) is 3. The Labute approximate surface area is 121 Å². The second kappa shape index (κ2) is 7.02. The molecule has 0 radical (unpaired) electrons. The van der Waals surface area contributed by atoms with Crippen molar-refractivity contribution < 1.29 is 9.90 Å². The van der Waals surface area contributed by atoms with Crippen LogP contribution in [0, 0.1) is 0 Å². The predicted molar refractivity (Wildman–Crippen MR) is 75.5 cm³/mol. The molecule has 2 aromatic rings. The molecule has 0 aliphatic rings. The first-order chi connectivity index (χ1) is 9.67. The van der Waals surface area contributed by atoms with Crippen molar-refractivity contribution in [1.82, 2.24) is 15.0 Å². The number of halogens is 1. The number of rotatable bonds is 6. The number of aliphatic hydroxyl groups is 1. The lowest BCUT2D eigenvalue weighted by atomic mass is 10.3. The van der Waals surface area contributed by atoms with E-state index in [4.69, 9.17) is 16.7 Å². The molecule has 20 heavy (non-hydrogen) atoms. The minimum absolute atomic E-state index is 0.0920. The summed E-state index contributed by atoms with van der Waals surface area (Å²) < 4.78 is 1.47. The number of anilines is 1. The van der Waals surface area contributed by atoms with Crippen LogP contribution < -0.4 is 5.32 Å². The second-order valence-electron chi connectivity index (χ2n) is 4.29. The smallest absolute Gasteiger partial charge is 0.246 e. The van der Waals surface area contributed by atoms with Gasteiger partial charge in [0.2, 0.25) is 5.91 Å². The lowest BCUT2D eigenvalue weighted by Crippen LogP contribution is -2.19. The summed E-state index contributed by atoms with van der Waals surface area (Å²) in [5, 5.41) is 19.9. The number of amides is 1. The largest absolute Gasteiger partial charge is 0.396 e. The number of carbonyl (C=O) groups excluding carboxylic acids is 1. The summed E-state index contributed by atoms with van der Waals surface area (Å²) in [5.41, 5.74) is 1.44. The lowest BCUT2D eigenvalue weighted by Gasteiger charge is -2.04. The van der Waals surface area contributed by atoms with Crippen molar-refractivity contribution >= 4 is 23.2 Å². The Morgan fingerprint density at radius 2 is 2.10 bits per heavy atom. The summed E-state index contributed by atoms with van der Waals surface area (Å²) in [6.07, 6.45) is 2.99. The summed E-state index contributed by atoms with van der Waals surface area (Å²) in [5.74, 6) is -0.189. The number of carbonyl (C=O) groups is 1. The minimum atomic E-state index is -0.189. The number of benzene rings is 1. The van der Waals surface area contributed by atoms with Gasteiger partial charge in [-0.15, -0.1) is 5.10 Å². The third kappa shape index (κ3) is 4.32. The third-order valence-electron chi connectivity index (χ3n) is 2.61. The molecule has 6 nitrogen and oxygen atoms in total. The average molecular weight is 295 g/mol. The number of aromatic nitrogens is 3. The molecule has 2 N–H and O–H groups in total. The van der Waals surface area contributed by atoms with Crippen LogP contribution in [-0.2, 0) is 17.8 Å². The van der Waals surface area contributed by atoms with Gasteiger partial charge in [-0.1, -0.05) is 16.8 Å². The van der Waals surface area contributed by atoms with Gasteiger partial charge in [0, 0.05) is 23.5 Å². The zero-order valence-corrected chi connectivity index (χ0v) is 11.5. The highest BCUT2D eigenvalue weighted by Gasteiger charge is 2.06. The van der Waals surface area contributed by atoms with Crippen molar-refractivity contribution in [3.63, 3.8) is 0 Å². The van der Waals surface area contributed by atoms with Gasteiger partial charge >= 0.3 is 0 Å². The Balaban J connectivity index is 1.87. The van der Waals surface area contributed by atoms with E-state index in [1.54, 1.807) is 30.5 Å². The first-order valence-corrected chi connectivity index (χ1v) is 6.60. The number of hydrogen-bond donors (Lipinski definition) is 2. The van der Waals surface area contributed by atoms with E-state index < -0.39 is 0 Å². The average Bonchev–Trinajstić information content (AvgIpc) is 2.86. The zero-order chi connectivity index (χ0) is 14.4. The van der Waals surface area contributed by atoms with E-state index in [0.717, 1.165) is 5.69 Å². The van der Waals surface area contributed by atoms with E-state index in [9.17, 15) is 4.79 Å². The van der Waals surface area contributed by atoms with Crippen molar-refractivity contribution in [3.8, 4) is 0 Å². The van der Waals surface area contributed by atoms with E-state index in [1.807, 2.05) is 0 Å². The Morgan fingerprint density at radius 3 is 2.80 bits per heavy atom. The maximum absolute atomic E-state index is 11.8. The molecule has 2 rings (SSSR count). The summed E-state index contributed by atoms with van der Waals surface area (Å²) >= 11 is 5.77. The normalized spacial score (nSPS) is 10.5. The molecule has 1 heterocycles. The van der Waals surface area contributed by atoms with Crippen molar-refractivity contribution in [2.45, 2.75) is 19.4 Å². The van der Waals surface area contributed by atoms with Crippen molar-refractivity contribution in [1.29, 1.82) is 0 Å². The molecule has 1 aromatic carbocycles. The highest BCUT2D eigenvalue weighted by molar-refractivity contribution is 6.30. The van der Waals surface area contributed by atoms with Crippen LogP contribution in [-0.4, -0.2) is 32.6 Å². The van der Waals surface area contributed by atoms with Crippen LogP contribution >= 0.6 is 11.6 Å². The molecule has 1 aromatic heterocycles. The fourth-order valence-electron chi connectivity index (χ4n) is 1.67. The van der Waals surface area contributed by atoms with Crippen molar-refractivity contribution in [2.75, 3.05) is 11.9 Å². The van der Waals surface area contributed by atoms with Gasteiger partial charge in [0.25, 0.3) is 0 Å². The van der Waals surface area contributed by atoms with E-state index >= 15 is 0 Å². The monoisotopic (exact) mass is 294 g/mol. The minimum Gasteiger partial charge on any atom is -0.396 e. The zero-order valence-electron chi connectivity index (χ0n) is 10.8. The number of aliphatic hydroxyl groups excluding tert-OH is 1. The first-order valence-electron chi connectivity index (χ1n) is 6.22. The second-order valence-corrected chi connectivity index (χ2v) is 4.73. The van der Waals surface area contributed by atoms with Gasteiger partial charge in [0.05, 0.1) is 5.69 Å². The van der Waals surface area contributed by atoms with Gasteiger partial charge in [-0.2, -0.15) is 0 Å². The molecule has 0 aliphatic heterocycles. The Morgan fingerprint density at radius 1 is 1.35 bits per heavy atom. The molecule has 0 atom stereocenters. The molecule has 0 saturated heterocycles. The number of aryl methyl sites for hydroxylation is 1. The Kier molecular flexibility index (Phi) is 5.09. The lowest BCUT2D eigenvalue weighted by molar-refractivity contribution is -0.116.